The van der Waals surface area contributed by atoms with Gasteiger partial charge in [-0.2, -0.15) is 0 Å². The SMILES string of the molecule is CCOCCN1CCN([C@H](C)c2cccnc2)C[C@H]1CC. The Bertz CT molecular complexity index is 398. The minimum atomic E-state index is 0.446. The molecule has 0 radical (unpaired) electrons. The van der Waals surface area contributed by atoms with Gasteiger partial charge in [0.05, 0.1) is 6.61 Å². The molecule has 0 spiro atoms. The molecule has 0 bridgehead atoms. The predicted molar refractivity (Wildman–Crippen MR) is 86.4 cm³/mol. The summed E-state index contributed by atoms with van der Waals surface area (Å²) in [6.45, 7) is 12.8. The van der Waals surface area contributed by atoms with Gasteiger partial charge >= 0.3 is 0 Å². The highest BCUT2D eigenvalue weighted by atomic mass is 16.5. The van der Waals surface area contributed by atoms with E-state index in [1.807, 2.05) is 18.5 Å². The monoisotopic (exact) mass is 291 g/mol. The predicted octanol–water partition coefficient (Wildman–Crippen LogP) is 2.58. The van der Waals surface area contributed by atoms with E-state index in [-0.39, 0.29) is 0 Å². The minimum Gasteiger partial charge on any atom is -0.380 e. The molecule has 4 nitrogen and oxygen atoms in total. The summed E-state index contributed by atoms with van der Waals surface area (Å²) >= 11 is 0. The summed E-state index contributed by atoms with van der Waals surface area (Å²) in [5, 5.41) is 0. The Morgan fingerprint density at radius 2 is 2.24 bits per heavy atom. The van der Waals surface area contributed by atoms with Gasteiger partial charge in [-0.1, -0.05) is 13.0 Å². The molecule has 2 rings (SSSR count). The molecule has 1 aliphatic heterocycles. The topological polar surface area (TPSA) is 28.6 Å². The summed E-state index contributed by atoms with van der Waals surface area (Å²) in [6.07, 6.45) is 5.03. The maximum Gasteiger partial charge on any atom is 0.0593 e. The molecule has 4 heteroatoms. The number of hydrogen-bond acceptors (Lipinski definition) is 4. The normalized spacial score (nSPS) is 22.3. The van der Waals surface area contributed by atoms with Crippen molar-refractivity contribution in [3.05, 3.63) is 30.1 Å². The number of aromatic nitrogens is 1. The summed E-state index contributed by atoms with van der Waals surface area (Å²) in [6, 6.07) is 5.29. The van der Waals surface area contributed by atoms with E-state index in [0.717, 1.165) is 39.4 Å². The van der Waals surface area contributed by atoms with Crippen molar-refractivity contribution < 1.29 is 4.74 Å². The van der Waals surface area contributed by atoms with Crippen LogP contribution in [0, 0.1) is 0 Å². The van der Waals surface area contributed by atoms with Crippen molar-refractivity contribution in [3.63, 3.8) is 0 Å². The van der Waals surface area contributed by atoms with Gasteiger partial charge < -0.3 is 4.74 Å². The number of rotatable bonds is 7. The van der Waals surface area contributed by atoms with Crippen molar-refractivity contribution in [2.45, 2.75) is 39.3 Å². The van der Waals surface area contributed by atoms with Crippen LogP contribution in [0.25, 0.3) is 0 Å². The second kappa shape index (κ2) is 8.47. The van der Waals surface area contributed by atoms with Crippen LogP contribution in [-0.4, -0.2) is 60.2 Å². The zero-order valence-electron chi connectivity index (χ0n) is 13.7. The van der Waals surface area contributed by atoms with E-state index in [0.29, 0.717) is 12.1 Å². The summed E-state index contributed by atoms with van der Waals surface area (Å²) in [7, 11) is 0. The smallest absolute Gasteiger partial charge is 0.0593 e. The highest BCUT2D eigenvalue weighted by Crippen LogP contribution is 2.23. The molecule has 0 aromatic carbocycles. The third-order valence-corrected chi connectivity index (χ3v) is 4.55. The molecular formula is C17H29N3O. The number of nitrogens with zero attached hydrogens (tertiary/aromatic N) is 3. The molecule has 0 saturated carbocycles. The fraction of sp³-hybridized carbons (Fsp3) is 0.706. The molecule has 1 aliphatic rings. The van der Waals surface area contributed by atoms with Gasteiger partial charge in [-0.15, -0.1) is 0 Å². The van der Waals surface area contributed by atoms with E-state index in [1.165, 1.54) is 12.0 Å². The molecule has 2 atom stereocenters. The lowest BCUT2D eigenvalue weighted by Crippen LogP contribution is -2.54. The molecule has 0 N–H and O–H groups in total. The molecule has 21 heavy (non-hydrogen) atoms. The van der Waals surface area contributed by atoms with Gasteiger partial charge in [0.15, 0.2) is 0 Å². The zero-order valence-corrected chi connectivity index (χ0v) is 13.7. The first-order valence-corrected chi connectivity index (χ1v) is 8.22. The standard InChI is InChI=1S/C17H29N3O/c1-4-17-14-20(10-9-19(17)11-12-21-5-2)15(3)16-7-6-8-18-13-16/h6-8,13,15,17H,4-5,9-12,14H2,1-3H3/t15-,17-/m1/s1. The highest BCUT2D eigenvalue weighted by molar-refractivity contribution is 5.13. The van der Waals surface area contributed by atoms with Crippen LogP contribution in [-0.2, 0) is 4.74 Å². The van der Waals surface area contributed by atoms with Crippen molar-refractivity contribution in [2.75, 3.05) is 39.4 Å². The largest absolute Gasteiger partial charge is 0.380 e. The maximum absolute atomic E-state index is 5.51. The molecule has 0 unspecified atom stereocenters. The summed E-state index contributed by atoms with van der Waals surface area (Å²) in [5.41, 5.74) is 1.31. The van der Waals surface area contributed by atoms with Crippen LogP contribution in [0.1, 0.15) is 38.8 Å². The molecule has 1 saturated heterocycles. The van der Waals surface area contributed by atoms with Gasteiger partial charge in [-0.3, -0.25) is 14.8 Å². The Kier molecular flexibility index (Phi) is 6.61. The first-order valence-electron chi connectivity index (χ1n) is 8.22. The molecule has 1 aromatic rings. The average Bonchev–Trinajstić information content (AvgIpc) is 2.55. The molecular weight excluding hydrogens is 262 g/mol. The van der Waals surface area contributed by atoms with Crippen LogP contribution >= 0.6 is 0 Å². The van der Waals surface area contributed by atoms with E-state index in [2.05, 4.69) is 41.6 Å². The van der Waals surface area contributed by atoms with E-state index in [4.69, 9.17) is 4.74 Å². The summed E-state index contributed by atoms with van der Waals surface area (Å²) < 4.78 is 5.51. The molecule has 2 heterocycles. The lowest BCUT2D eigenvalue weighted by Gasteiger charge is -2.43. The summed E-state index contributed by atoms with van der Waals surface area (Å²) in [4.78, 5) is 9.42. The van der Waals surface area contributed by atoms with E-state index >= 15 is 0 Å². The van der Waals surface area contributed by atoms with Gasteiger partial charge in [0.2, 0.25) is 0 Å². The van der Waals surface area contributed by atoms with Crippen LogP contribution in [0.4, 0.5) is 0 Å². The second-order valence-corrected chi connectivity index (χ2v) is 5.75. The van der Waals surface area contributed by atoms with Gasteiger partial charge in [0, 0.05) is 57.3 Å². The molecule has 1 aromatic heterocycles. The number of hydrogen-bond donors (Lipinski definition) is 0. The van der Waals surface area contributed by atoms with Crippen molar-refractivity contribution in [2.24, 2.45) is 0 Å². The average molecular weight is 291 g/mol. The van der Waals surface area contributed by atoms with Gasteiger partial charge in [0.1, 0.15) is 0 Å². The molecule has 1 fully saturated rings. The van der Waals surface area contributed by atoms with Crippen molar-refractivity contribution >= 4 is 0 Å². The Morgan fingerprint density at radius 3 is 2.90 bits per heavy atom. The molecule has 0 amide bonds. The number of piperazine rings is 1. The molecule has 118 valence electrons. The van der Waals surface area contributed by atoms with Crippen molar-refractivity contribution in [1.82, 2.24) is 14.8 Å². The lowest BCUT2D eigenvalue weighted by molar-refractivity contribution is 0.0270. The van der Waals surface area contributed by atoms with Crippen molar-refractivity contribution in [1.29, 1.82) is 0 Å². The summed E-state index contributed by atoms with van der Waals surface area (Å²) in [5.74, 6) is 0. The van der Waals surface area contributed by atoms with Crippen LogP contribution in [0.2, 0.25) is 0 Å². The van der Waals surface area contributed by atoms with Crippen LogP contribution in [0.15, 0.2) is 24.5 Å². The maximum atomic E-state index is 5.51. The van der Waals surface area contributed by atoms with Gasteiger partial charge in [0.25, 0.3) is 0 Å². The minimum absolute atomic E-state index is 0.446. The zero-order chi connectivity index (χ0) is 15.1. The quantitative estimate of drug-likeness (QED) is 0.722. The Morgan fingerprint density at radius 1 is 1.38 bits per heavy atom. The van der Waals surface area contributed by atoms with Crippen LogP contribution < -0.4 is 0 Å². The first-order chi connectivity index (χ1) is 10.3. The Balaban J connectivity index is 1.91. The van der Waals surface area contributed by atoms with Gasteiger partial charge in [-0.25, -0.2) is 0 Å². The van der Waals surface area contributed by atoms with Crippen molar-refractivity contribution in [3.8, 4) is 0 Å². The Hall–Kier alpha value is -0.970. The van der Waals surface area contributed by atoms with E-state index in [1.54, 1.807) is 0 Å². The van der Waals surface area contributed by atoms with Crippen LogP contribution in [0.3, 0.4) is 0 Å². The van der Waals surface area contributed by atoms with E-state index < -0.39 is 0 Å². The Labute approximate surface area is 129 Å². The number of ether oxygens (including phenoxy) is 1. The molecule has 0 aliphatic carbocycles. The second-order valence-electron chi connectivity index (χ2n) is 5.75. The fourth-order valence-electron chi connectivity index (χ4n) is 3.11. The highest BCUT2D eigenvalue weighted by Gasteiger charge is 2.28. The van der Waals surface area contributed by atoms with Crippen LogP contribution in [0.5, 0.6) is 0 Å². The number of pyridine rings is 1. The third kappa shape index (κ3) is 4.50. The first kappa shape index (κ1) is 16.4. The van der Waals surface area contributed by atoms with Gasteiger partial charge in [-0.05, 0) is 31.9 Å². The lowest BCUT2D eigenvalue weighted by atomic mass is 10.0. The fourth-order valence-corrected chi connectivity index (χ4v) is 3.11. The third-order valence-electron chi connectivity index (χ3n) is 4.55. The van der Waals surface area contributed by atoms with E-state index in [9.17, 15) is 0 Å².